The average Bonchev–Trinajstić information content (AvgIpc) is 2.87. The highest BCUT2D eigenvalue weighted by Gasteiger charge is 2.29. The van der Waals surface area contributed by atoms with Crippen LogP contribution in [-0.4, -0.2) is 26.9 Å². The molecular weight excluding hydrogens is 234 g/mol. The van der Waals surface area contributed by atoms with Crippen molar-refractivity contribution in [2.45, 2.75) is 18.8 Å². The Morgan fingerprint density at radius 2 is 2.22 bits per heavy atom. The molecule has 0 saturated carbocycles. The Balaban J connectivity index is 2.20. The molecule has 0 radical (unpaired) electrons. The quantitative estimate of drug-likeness (QED) is 0.817. The van der Waals surface area contributed by atoms with Crippen molar-refractivity contribution in [2.24, 2.45) is 0 Å². The third-order valence-electron chi connectivity index (χ3n) is 2.76. The molecule has 2 rings (SSSR count). The van der Waals surface area contributed by atoms with Gasteiger partial charge in [-0.2, -0.15) is 5.26 Å². The fourth-order valence-corrected chi connectivity index (χ4v) is 1.84. The lowest BCUT2D eigenvalue weighted by atomic mass is 10.2. The molecule has 0 aliphatic carbocycles. The first-order valence-electron chi connectivity index (χ1n) is 5.64. The summed E-state index contributed by atoms with van der Waals surface area (Å²) in [6, 6.07) is 7.50. The molecule has 1 aliphatic rings. The summed E-state index contributed by atoms with van der Waals surface area (Å²) in [4.78, 5) is 0. The second-order valence-corrected chi connectivity index (χ2v) is 3.89. The summed E-state index contributed by atoms with van der Waals surface area (Å²) in [6.07, 6.45) is -0.368. The van der Waals surface area contributed by atoms with E-state index < -0.39 is 6.29 Å². The molecule has 1 fully saturated rings. The largest absolute Gasteiger partial charge is 0.497 e. The van der Waals surface area contributed by atoms with Gasteiger partial charge < -0.3 is 18.9 Å². The van der Waals surface area contributed by atoms with E-state index in [4.69, 9.17) is 24.2 Å². The van der Waals surface area contributed by atoms with E-state index in [0.717, 1.165) is 5.56 Å². The van der Waals surface area contributed by atoms with Gasteiger partial charge in [-0.25, -0.2) is 0 Å². The highest BCUT2D eigenvalue weighted by Crippen LogP contribution is 2.36. The molecule has 1 saturated heterocycles. The van der Waals surface area contributed by atoms with E-state index in [1.807, 2.05) is 12.1 Å². The molecule has 18 heavy (non-hydrogen) atoms. The molecule has 0 spiro atoms. The van der Waals surface area contributed by atoms with Crippen LogP contribution in [0.4, 0.5) is 0 Å². The summed E-state index contributed by atoms with van der Waals surface area (Å²) in [6.45, 7) is 0.415. The van der Waals surface area contributed by atoms with Crippen LogP contribution in [0.3, 0.4) is 0 Å². The molecule has 2 atom stereocenters. The molecule has 5 nitrogen and oxygen atoms in total. The van der Waals surface area contributed by atoms with E-state index in [9.17, 15) is 0 Å². The fraction of sp³-hybridized carbons (Fsp3) is 0.462. The Labute approximate surface area is 106 Å². The van der Waals surface area contributed by atoms with Crippen LogP contribution in [0.15, 0.2) is 18.2 Å². The van der Waals surface area contributed by atoms with Crippen molar-refractivity contribution < 1.29 is 18.9 Å². The number of ether oxygens (including phenoxy) is 4. The van der Waals surface area contributed by atoms with Crippen LogP contribution in [0.25, 0.3) is 0 Å². The fourth-order valence-electron chi connectivity index (χ4n) is 1.84. The molecule has 1 heterocycles. The van der Waals surface area contributed by atoms with E-state index in [-0.39, 0.29) is 6.10 Å². The second kappa shape index (κ2) is 5.71. The Morgan fingerprint density at radius 1 is 1.39 bits per heavy atom. The summed E-state index contributed by atoms with van der Waals surface area (Å²) in [5.74, 6) is 1.39. The predicted octanol–water partition coefficient (Wildman–Crippen LogP) is 2.03. The van der Waals surface area contributed by atoms with Crippen molar-refractivity contribution in [3.63, 3.8) is 0 Å². The van der Waals surface area contributed by atoms with Crippen LogP contribution in [0.1, 0.15) is 18.3 Å². The van der Waals surface area contributed by atoms with Gasteiger partial charge in [-0.3, -0.25) is 0 Å². The highest BCUT2D eigenvalue weighted by atomic mass is 16.7. The van der Waals surface area contributed by atoms with Crippen molar-refractivity contribution in [3.8, 4) is 17.6 Å². The maximum atomic E-state index is 8.64. The van der Waals surface area contributed by atoms with Crippen LogP contribution in [0, 0.1) is 11.3 Å². The van der Waals surface area contributed by atoms with Gasteiger partial charge in [-0.15, -0.1) is 0 Å². The minimum absolute atomic E-state index is 0.184. The van der Waals surface area contributed by atoms with E-state index in [0.29, 0.717) is 24.5 Å². The third kappa shape index (κ3) is 2.55. The second-order valence-electron chi connectivity index (χ2n) is 3.89. The predicted molar refractivity (Wildman–Crippen MR) is 63.3 cm³/mol. The Kier molecular flexibility index (Phi) is 4.03. The molecule has 0 N–H and O–H groups in total. The summed E-state index contributed by atoms with van der Waals surface area (Å²) >= 11 is 0. The van der Waals surface area contributed by atoms with E-state index in [2.05, 4.69) is 6.07 Å². The van der Waals surface area contributed by atoms with Crippen LogP contribution < -0.4 is 9.47 Å². The number of nitriles is 1. The van der Waals surface area contributed by atoms with Gasteiger partial charge in [0, 0.05) is 0 Å². The van der Waals surface area contributed by atoms with Gasteiger partial charge in [0.05, 0.1) is 45.0 Å². The van der Waals surface area contributed by atoms with Crippen molar-refractivity contribution in [2.75, 3.05) is 20.8 Å². The highest BCUT2D eigenvalue weighted by molar-refractivity contribution is 5.41. The summed E-state index contributed by atoms with van der Waals surface area (Å²) in [7, 11) is 3.19. The standard InChI is InChI=1S/C13H15NO4/c1-15-9-3-4-12(16-2)11(7-9)13-17-8-10(18-13)5-6-14/h3-4,7,10,13H,5,8H2,1-2H3. The van der Waals surface area contributed by atoms with Crippen molar-refractivity contribution in [1.82, 2.24) is 0 Å². The zero-order chi connectivity index (χ0) is 13.0. The number of nitrogens with zero attached hydrogens (tertiary/aromatic N) is 1. The molecule has 1 aliphatic heterocycles. The van der Waals surface area contributed by atoms with Gasteiger partial charge in [0.1, 0.15) is 11.5 Å². The van der Waals surface area contributed by atoms with Gasteiger partial charge in [0.25, 0.3) is 0 Å². The first-order valence-corrected chi connectivity index (χ1v) is 5.64. The molecule has 1 aromatic rings. The lowest BCUT2D eigenvalue weighted by molar-refractivity contribution is -0.0605. The number of hydrogen-bond acceptors (Lipinski definition) is 5. The molecule has 96 valence electrons. The third-order valence-corrected chi connectivity index (χ3v) is 2.76. The molecule has 0 aromatic heterocycles. The summed E-state index contributed by atoms with van der Waals surface area (Å²) < 4.78 is 21.6. The van der Waals surface area contributed by atoms with Crippen molar-refractivity contribution in [1.29, 1.82) is 5.26 Å². The van der Waals surface area contributed by atoms with Gasteiger partial charge in [0.15, 0.2) is 6.29 Å². The maximum absolute atomic E-state index is 8.64. The lowest BCUT2D eigenvalue weighted by Gasteiger charge is -2.15. The van der Waals surface area contributed by atoms with Crippen LogP contribution in [0.2, 0.25) is 0 Å². The van der Waals surface area contributed by atoms with Gasteiger partial charge in [0.2, 0.25) is 0 Å². The smallest absolute Gasteiger partial charge is 0.188 e. The van der Waals surface area contributed by atoms with Crippen LogP contribution >= 0.6 is 0 Å². The number of methoxy groups -OCH3 is 2. The first kappa shape index (κ1) is 12.7. The monoisotopic (exact) mass is 249 g/mol. The number of benzene rings is 1. The van der Waals surface area contributed by atoms with E-state index in [1.54, 1.807) is 20.3 Å². The normalized spacial score (nSPS) is 22.5. The van der Waals surface area contributed by atoms with Crippen LogP contribution in [-0.2, 0) is 9.47 Å². The zero-order valence-electron chi connectivity index (χ0n) is 10.4. The zero-order valence-corrected chi connectivity index (χ0v) is 10.4. The Morgan fingerprint density at radius 3 is 2.89 bits per heavy atom. The molecule has 0 amide bonds. The molecule has 5 heteroatoms. The Bertz CT molecular complexity index is 455. The molecule has 1 aromatic carbocycles. The summed E-state index contributed by atoms with van der Waals surface area (Å²) in [5.41, 5.74) is 0.775. The maximum Gasteiger partial charge on any atom is 0.188 e. The summed E-state index contributed by atoms with van der Waals surface area (Å²) in [5, 5.41) is 8.64. The van der Waals surface area contributed by atoms with Crippen molar-refractivity contribution in [3.05, 3.63) is 23.8 Å². The Hall–Kier alpha value is -1.77. The minimum atomic E-state index is -0.506. The van der Waals surface area contributed by atoms with Gasteiger partial charge in [-0.05, 0) is 18.2 Å². The lowest BCUT2D eigenvalue weighted by Crippen LogP contribution is -2.08. The SMILES string of the molecule is COc1ccc(OC)c(C2OCC(CC#N)O2)c1. The van der Waals surface area contributed by atoms with E-state index in [1.165, 1.54) is 0 Å². The number of rotatable bonds is 4. The average molecular weight is 249 g/mol. The minimum Gasteiger partial charge on any atom is -0.497 e. The van der Waals surface area contributed by atoms with Gasteiger partial charge >= 0.3 is 0 Å². The first-order chi connectivity index (χ1) is 8.78. The number of hydrogen-bond donors (Lipinski definition) is 0. The van der Waals surface area contributed by atoms with Gasteiger partial charge in [-0.1, -0.05) is 0 Å². The molecule has 0 bridgehead atoms. The van der Waals surface area contributed by atoms with Crippen LogP contribution in [0.5, 0.6) is 11.5 Å². The molecule has 2 unspecified atom stereocenters. The molecular formula is C13H15NO4. The van der Waals surface area contributed by atoms with E-state index >= 15 is 0 Å². The topological polar surface area (TPSA) is 60.7 Å². The van der Waals surface area contributed by atoms with Crippen molar-refractivity contribution >= 4 is 0 Å².